The maximum atomic E-state index is 12.9. The minimum Gasteiger partial charge on any atom is -0.341 e. The molecule has 1 aromatic carbocycles. The normalized spacial score (nSPS) is 29.6. The number of fused-ring (bicyclic) bond motifs is 2. The van der Waals surface area contributed by atoms with Gasteiger partial charge in [-0.1, -0.05) is 31.4 Å². The van der Waals surface area contributed by atoms with Crippen LogP contribution < -0.4 is 4.72 Å². The molecule has 140 valence electrons. The molecule has 1 saturated carbocycles. The van der Waals surface area contributed by atoms with Crippen LogP contribution >= 0.6 is 0 Å². The van der Waals surface area contributed by atoms with Gasteiger partial charge in [0.2, 0.25) is 5.91 Å². The Morgan fingerprint density at radius 2 is 1.92 bits per heavy atom. The second-order valence-corrected chi connectivity index (χ2v) is 9.28. The highest BCUT2D eigenvalue weighted by Crippen LogP contribution is 2.36. The number of nitrogens with one attached hydrogen (secondary N) is 1. The first kappa shape index (κ1) is 17.5. The van der Waals surface area contributed by atoms with Gasteiger partial charge in [-0.2, -0.15) is 0 Å². The van der Waals surface area contributed by atoms with Crippen molar-refractivity contribution < 1.29 is 13.2 Å². The van der Waals surface area contributed by atoms with E-state index < -0.39 is 16.1 Å². The zero-order valence-corrected chi connectivity index (χ0v) is 15.8. The topological polar surface area (TPSA) is 78.8 Å². The second kappa shape index (κ2) is 6.68. The summed E-state index contributed by atoms with van der Waals surface area (Å²) < 4.78 is 26.9. The molecule has 3 atom stereocenters. The second-order valence-electron chi connectivity index (χ2n) is 7.63. The minimum atomic E-state index is -3.57. The van der Waals surface area contributed by atoms with Gasteiger partial charge in [0.05, 0.1) is 4.90 Å². The van der Waals surface area contributed by atoms with Crippen LogP contribution in [0.25, 0.3) is 0 Å². The van der Waals surface area contributed by atoms with Gasteiger partial charge in [-0.15, -0.1) is 0 Å². The molecule has 2 aliphatic heterocycles. The number of amides is 1. The molecule has 0 unspecified atom stereocenters. The third kappa shape index (κ3) is 3.13. The number of aliphatic imine (C=N–C) groups is 1. The first-order valence-electron chi connectivity index (χ1n) is 9.44. The predicted molar refractivity (Wildman–Crippen MR) is 99.4 cm³/mol. The number of likely N-dealkylation sites (tertiary alicyclic amines) is 1. The van der Waals surface area contributed by atoms with Crippen molar-refractivity contribution in [3.8, 4) is 0 Å². The molecule has 3 aliphatic rings. The molecule has 4 rings (SSSR count). The fourth-order valence-electron chi connectivity index (χ4n) is 4.54. The fraction of sp³-hybridized carbons (Fsp3) is 0.579. The third-order valence-electron chi connectivity index (χ3n) is 5.95. The van der Waals surface area contributed by atoms with Gasteiger partial charge in [0, 0.05) is 18.7 Å². The molecule has 0 aromatic heterocycles. The van der Waals surface area contributed by atoms with Gasteiger partial charge in [-0.05, 0) is 43.7 Å². The van der Waals surface area contributed by atoms with Crippen molar-refractivity contribution in [2.75, 3.05) is 13.1 Å². The maximum absolute atomic E-state index is 12.9. The van der Waals surface area contributed by atoms with E-state index in [1.807, 2.05) is 4.90 Å². The lowest BCUT2D eigenvalue weighted by Gasteiger charge is -2.41. The molecule has 0 spiro atoms. The van der Waals surface area contributed by atoms with Crippen LogP contribution in [0.4, 0.5) is 0 Å². The Labute approximate surface area is 154 Å². The van der Waals surface area contributed by atoms with Crippen LogP contribution in [0.2, 0.25) is 0 Å². The lowest BCUT2D eigenvalue weighted by molar-refractivity contribution is -0.135. The van der Waals surface area contributed by atoms with Crippen molar-refractivity contribution >= 4 is 21.8 Å². The summed E-state index contributed by atoms with van der Waals surface area (Å²) in [6, 6.07) is 6.14. The van der Waals surface area contributed by atoms with Gasteiger partial charge >= 0.3 is 0 Å². The molecule has 0 bridgehead atoms. The standard InChI is InChI=1S/C19H25N3O3S/c1-13(19(23)22-11-10-14-6-2-3-7-15(14)12-22)20-18-16-8-4-5-9-17(16)26(24,25)21-18/h4-5,8-9,13-15H,2-3,6-7,10-12H2,1H3,(H,20,21)/t13-,14+,15+/m0/s1. The Bertz CT molecular complexity index is 849. The van der Waals surface area contributed by atoms with Crippen molar-refractivity contribution in [1.29, 1.82) is 0 Å². The van der Waals surface area contributed by atoms with Crippen LogP contribution in [0.3, 0.4) is 0 Å². The van der Waals surface area contributed by atoms with E-state index in [1.165, 1.54) is 25.7 Å². The van der Waals surface area contributed by atoms with Gasteiger partial charge in [-0.25, -0.2) is 8.42 Å². The van der Waals surface area contributed by atoms with Crippen LogP contribution in [0.5, 0.6) is 0 Å². The van der Waals surface area contributed by atoms with Gasteiger partial charge in [0.1, 0.15) is 11.9 Å². The molecule has 7 heteroatoms. The number of benzene rings is 1. The smallest absolute Gasteiger partial charge is 0.263 e. The highest BCUT2D eigenvalue weighted by atomic mass is 32.2. The quantitative estimate of drug-likeness (QED) is 0.860. The Morgan fingerprint density at radius 1 is 1.19 bits per heavy atom. The molecule has 1 aromatic rings. The molecular formula is C19H25N3O3S. The Kier molecular flexibility index (Phi) is 4.50. The van der Waals surface area contributed by atoms with Crippen LogP contribution in [-0.2, 0) is 14.8 Å². The summed E-state index contributed by atoms with van der Waals surface area (Å²) >= 11 is 0. The average molecular weight is 375 g/mol. The van der Waals surface area contributed by atoms with Crippen LogP contribution in [0.15, 0.2) is 34.2 Å². The lowest BCUT2D eigenvalue weighted by atomic mass is 9.75. The van der Waals surface area contributed by atoms with Crippen molar-refractivity contribution in [3.63, 3.8) is 0 Å². The van der Waals surface area contributed by atoms with E-state index in [2.05, 4.69) is 9.71 Å². The summed E-state index contributed by atoms with van der Waals surface area (Å²) in [7, 11) is -3.57. The van der Waals surface area contributed by atoms with Crippen molar-refractivity contribution in [2.24, 2.45) is 16.8 Å². The zero-order valence-electron chi connectivity index (χ0n) is 15.0. The van der Waals surface area contributed by atoms with E-state index in [1.54, 1.807) is 31.2 Å². The molecule has 0 radical (unpaired) electrons. The van der Waals surface area contributed by atoms with Crippen LogP contribution in [0, 0.1) is 11.8 Å². The average Bonchev–Trinajstić information content (AvgIpc) is 2.91. The molecular weight excluding hydrogens is 350 g/mol. The first-order valence-corrected chi connectivity index (χ1v) is 10.9. The monoisotopic (exact) mass is 375 g/mol. The van der Waals surface area contributed by atoms with Gasteiger partial charge in [0.25, 0.3) is 10.0 Å². The van der Waals surface area contributed by atoms with Gasteiger partial charge < -0.3 is 4.90 Å². The lowest BCUT2D eigenvalue weighted by Crippen LogP contribution is -2.47. The third-order valence-corrected chi connectivity index (χ3v) is 7.34. The Balaban J connectivity index is 1.51. The summed E-state index contributed by atoms with van der Waals surface area (Å²) in [5.41, 5.74) is 0.540. The first-order chi connectivity index (χ1) is 12.5. The van der Waals surface area contributed by atoms with Crippen molar-refractivity contribution in [3.05, 3.63) is 29.8 Å². The number of carbonyl (C=O) groups excluding carboxylic acids is 1. The van der Waals surface area contributed by atoms with Crippen molar-refractivity contribution in [1.82, 2.24) is 9.62 Å². The number of amidine groups is 1. The van der Waals surface area contributed by atoms with Crippen LogP contribution in [-0.4, -0.2) is 44.2 Å². The van der Waals surface area contributed by atoms with Crippen molar-refractivity contribution in [2.45, 2.75) is 50.0 Å². The summed E-state index contributed by atoms with van der Waals surface area (Å²) in [6.45, 7) is 3.36. The number of nitrogens with zero attached hydrogens (tertiary/aromatic N) is 2. The largest absolute Gasteiger partial charge is 0.341 e. The molecule has 1 aliphatic carbocycles. The molecule has 26 heavy (non-hydrogen) atoms. The number of hydrogen-bond donors (Lipinski definition) is 1. The molecule has 2 heterocycles. The maximum Gasteiger partial charge on any atom is 0.263 e. The number of sulfonamides is 1. The Hall–Kier alpha value is -1.89. The molecule has 1 saturated heterocycles. The number of hydrogen-bond acceptors (Lipinski definition) is 4. The molecule has 1 amide bonds. The predicted octanol–water partition coefficient (Wildman–Crippen LogP) is 2.15. The SMILES string of the molecule is C[C@H](N=C1NS(=O)(=O)c2ccccc21)C(=O)N1CC[C@H]2CCCC[C@@H]2C1. The summed E-state index contributed by atoms with van der Waals surface area (Å²) in [4.78, 5) is 19.5. The van der Waals surface area contributed by atoms with E-state index in [0.29, 0.717) is 11.5 Å². The highest BCUT2D eigenvalue weighted by molar-refractivity contribution is 7.90. The summed E-state index contributed by atoms with van der Waals surface area (Å²) in [5, 5.41) is 0. The fourth-order valence-corrected chi connectivity index (χ4v) is 5.78. The molecule has 6 nitrogen and oxygen atoms in total. The number of piperidine rings is 1. The zero-order chi connectivity index (χ0) is 18.3. The minimum absolute atomic E-state index is 0.00916. The number of rotatable bonds is 2. The van der Waals surface area contributed by atoms with E-state index in [0.717, 1.165) is 25.4 Å². The van der Waals surface area contributed by atoms with Gasteiger partial charge in [-0.3, -0.25) is 14.5 Å². The summed E-state index contributed by atoms with van der Waals surface area (Å²) in [6.07, 6.45) is 6.17. The van der Waals surface area contributed by atoms with E-state index in [-0.39, 0.29) is 16.6 Å². The Morgan fingerprint density at radius 3 is 2.73 bits per heavy atom. The number of carbonyl (C=O) groups is 1. The summed E-state index contributed by atoms with van der Waals surface area (Å²) in [5.74, 6) is 1.65. The van der Waals surface area contributed by atoms with E-state index in [4.69, 9.17) is 0 Å². The van der Waals surface area contributed by atoms with Gasteiger partial charge in [0.15, 0.2) is 0 Å². The molecule has 1 N–H and O–H groups in total. The van der Waals surface area contributed by atoms with Crippen LogP contribution in [0.1, 0.15) is 44.6 Å². The van der Waals surface area contributed by atoms with E-state index >= 15 is 0 Å². The van der Waals surface area contributed by atoms with E-state index in [9.17, 15) is 13.2 Å². The highest BCUT2D eigenvalue weighted by Gasteiger charge is 2.35. The molecule has 2 fully saturated rings.